The molecular weight excluding hydrogens is 544 g/mol. The number of hydrogen-bond acceptors (Lipinski definition) is 8. The van der Waals surface area contributed by atoms with E-state index in [-0.39, 0.29) is 29.7 Å². The molecule has 1 aromatic carbocycles. The Morgan fingerprint density at radius 1 is 1.07 bits per heavy atom. The standard InChI is InChI=1S/C29H34N6O3S2/c1-17(36)31-11-19-6-5-18(10-22(19)20-13-34(2)14-20)25-12-32-28(40-25)21-15-35(16-21)29(38)24-7-8-26(39-24)33-27(37)23-4-3-9-30-23/h5-8,10,12,20-21,23,30H,3-4,9,11,13-16H2,1-2H3,(H,31,36)(H,33,37)/t23-/m0/s1. The SMILES string of the molecule is CC(=O)NCc1ccc(-c2cnc(C3CN(C(=O)c4ccc(NC(=O)[C@@H]5CCCN5)s4)C3)s2)cc1C1CN(C)C1. The van der Waals surface area contributed by atoms with Crippen LogP contribution in [0.4, 0.5) is 5.00 Å². The van der Waals surface area contributed by atoms with Crippen LogP contribution in [0.1, 0.15) is 57.4 Å². The number of benzene rings is 1. The van der Waals surface area contributed by atoms with Crippen molar-refractivity contribution in [2.24, 2.45) is 0 Å². The van der Waals surface area contributed by atoms with E-state index in [0.717, 1.165) is 47.9 Å². The number of likely N-dealkylation sites (N-methyl/N-ethyl adjacent to an activating group) is 1. The topological polar surface area (TPSA) is 107 Å². The number of aromatic nitrogens is 1. The smallest absolute Gasteiger partial charge is 0.264 e. The number of anilines is 1. The summed E-state index contributed by atoms with van der Waals surface area (Å²) in [6.45, 7) is 6.29. The molecule has 3 aromatic rings. The maximum Gasteiger partial charge on any atom is 0.264 e. The molecule has 0 saturated carbocycles. The van der Waals surface area contributed by atoms with Gasteiger partial charge in [0.1, 0.15) is 0 Å². The zero-order valence-corrected chi connectivity index (χ0v) is 24.4. The highest BCUT2D eigenvalue weighted by atomic mass is 32.1. The molecular formula is C29H34N6O3S2. The fourth-order valence-electron chi connectivity index (χ4n) is 5.61. The number of thiophene rings is 1. The Morgan fingerprint density at radius 2 is 1.90 bits per heavy atom. The average molecular weight is 579 g/mol. The van der Waals surface area contributed by atoms with E-state index in [2.05, 4.69) is 46.1 Å². The minimum absolute atomic E-state index is 0.00221. The van der Waals surface area contributed by atoms with Crippen LogP contribution < -0.4 is 16.0 Å². The lowest BCUT2D eigenvalue weighted by atomic mass is 9.87. The van der Waals surface area contributed by atoms with Crippen LogP contribution in [-0.2, 0) is 16.1 Å². The molecule has 0 aliphatic carbocycles. The van der Waals surface area contributed by atoms with Gasteiger partial charge in [-0.05, 0) is 61.3 Å². The molecule has 0 spiro atoms. The molecule has 1 atom stereocenters. The van der Waals surface area contributed by atoms with E-state index in [9.17, 15) is 14.4 Å². The number of carbonyl (C=O) groups is 3. The first-order valence-electron chi connectivity index (χ1n) is 13.8. The molecule has 210 valence electrons. The molecule has 0 bridgehead atoms. The van der Waals surface area contributed by atoms with Crippen molar-refractivity contribution in [1.29, 1.82) is 0 Å². The molecule has 9 nitrogen and oxygen atoms in total. The second-order valence-electron chi connectivity index (χ2n) is 11.0. The largest absolute Gasteiger partial charge is 0.352 e. The van der Waals surface area contributed by atoms with E-state index in [1.54, 1.807) is 24.3 Å². The van der Waals surface area contributed by atoms with E-state index < -0.39 is 0 Å². The predicted molar refractivity (Wildman–Crippen MR) is 158 cm³/mol. The van der Waals surface area contributed by atoms with Crippen LogP contribution in [0.2, 0.25) is 0 Å². The number of thiazole rings is 1. The van der Waals surface area contributed by atoms with Gasteiger partial charge in [-0.15, -0.1) is 22.7 Å². The van der Waals surface area contributed by atoms with Crippen molar-refractivity contribution in [2.45, 2.75) is 44.2 Å². The molecule has 3 amide bonds. The fourth-order valence-corrected chi connectivity index (χ4v) is 7.48. The molecule has 3 fully saturated rings. The Balaban J connectivity index is 1.07. The van der Waals surface area contributed by atoms with Gasteiger partial charge in [0.05, 0.1) is 25.8 Å². The maximum absolute atomic E-state index is 13.0. The first-order valence-corrected chi connectivity index (χ1v) is 15.4. The molecule has 0 unspecified atom stereocenters. The van der Waals surface area contributed by atoms with Gasteiger partial charge in [-0.3, -0.25) is 14.4 Å². The summed E-state index contributed by atoms with van der Waals surface area (Å²) in [7, 11) is 2.13. The zero-order chi connectivity index (χ0) is 27.8. The van der Waals surface area contributed by atoms with Gasteiger partial charge in [0.15, 0.2) is 0 Å². The van der Waals surface area contributed by atoms with E-state index in [0.29, 0.717) is 35.4 Å². The highest BCUT2D eigenvalue weighted by Crippen LogP contribution is 2.38. The number of nitrogens with one attached hydrogen (secondary N) is 3. The van der Waals surface area contributed by atoms with Gasteiger partial charge in [0.2, 0.25) is 11.8 Å². The predicted octanol–water partition coefficient (Wildman–Crippen LogP) is 3.47. The number of nitrogens with zero attached hydrogens (tertiary/aromatic N) is 3. The van der Waals surface area contributed by atoms with Crippen molar-refractivity contribution >= 4 is 45.4 Å². The third kappa shape index (κ3) is 5.69. The highest BCUT2D eigenvalue weighted by Gasteiger charge is 2.35. The Labute approximate surface area is 242 Å². The van der Waals surface area contributed by atoms with Gasteiger partial charge in [-0.1, -0.05) is 12.1 Å². The van der Waals surface area contributed by atoms with Crippen molar-refractivity contribution in [3.8, 4) is 10.4 Å². The van der Waals surface area contributed by atoms with Crippen LogP contribution in [-0.4, -0.2) is 78.3 Å². The number of carbonyl (C=O) groups excluding carboxylic acids is 3. The van der Waals surface area contributed by atoms with Gasteiger partial charge in [-0.25, -0.2) is 4.98 Å². The van der Waals surface area contributed by atoms with Gasteiger partial charge in [-0.2, -0.15) is 0 Å². The Bertz CT molecular complexity index is 1420. The fraction of sp³-hybridized carbons (Fsp3) is 0.448. The van der Waals surface area contributed by atoms with Gasteiger partial charge >= 0.3 is 0 Å². The zero-order valence-electron chi connectivity index (χ0n) is 22.7. The lowest BCUT2D eigenvalue weighted by Gasteiger charge is -2.38. The molecule has 3 aliphatic rings. The monoisotopic (exact) mass is 578 g/mol. The third-order valence-corrected chi connectivity index (χ3v) is 10.1. The van der Waals surface area contributed by atoms with Crippen molar-refractivity contribution < 1.29 is 14.4 Å². The normalized spacial score (nSPS) is 19.8. The number of amides is 3. The van der Waals surface area contributed by atoms with Gasteiger partial charge in [0, 0.05) is 57.7 Å². The van der Waals surface area contributed by atoms with Crippen LogP contribution in [0.3, 0.4) is 0 Å². The first kappa shape index (κ1) is 27.1. The van der Waals surface area contributed by atoms with Crippen molar-refractivity contribution in [2.75, 3.05) is 45.1 Å². The second-order valence-corrected chi connectivity index (χ2v) is 13.2. The summed E-state index contributed by atoms with van der Waals surface area (Å²) in [5, 5.41) is 10.8. The number of hydrogen-bond donors (Lipinski definition) is 3. The third-order valence-electron chi connectivity index (χ3n) is 7.94. The second kappa shape index (κ2) is 11.4. The molecule has 6 rings (SSSR count). The summed E-state index contributed by atoms with van der Waals surface area (Å²) in [5.41, 5.74) is 3.61. The first-order chi connectivity index (χ1) is 19.3. The highest BCUT2D eigenvalue weighted by molar-refractivity contribution is 7.18. The molecule has 3 saturated heterocycles. The van der Waals surface area contributed by atoms with E-state index in [4.69, 9.17) is 4.98 Å². The summed E-state index contributed by atoms with van der Waals surface area (Å²) in [4.78, 5) is 47.5. The van der Waals surface area contributed by atoms with E-state index in [1.807, 2.05) is 17.2 Å². The summed E-state index contributed by atoms with van der Waals surface area (Å²) in [6.07, 6.45) is 3.80. The van der Waals surface area contributed by atoms with Gasteiger partial charge < -0.3 is 25.8 Å². The van der Waals surface area contributed by atoms with Crippen LogP contribution in [0.15, 0.2) is 36.5 Å². The molecule has 5 heterocycles. The minimum atomic E-state index is -0.145. The maximum atomic E-state index is 13.0. The lowest BCUT2D eigenvalue weighted by molar-refractivity contribution is -0.119. The molecule has 0 radical (unpaired) electrons. The summed E-state index contributed by atoms with van der Waals surface area (Å²) in [6, 6.07) is 9.97. The Kier molecular flexibility index (Phi) is 7.71. The van der Waals surface area contributed by atoms with Crippen molar-refractivity contribution in [3.63, 3.8) is 0 Å². The van der Waals surface area contributed by atoms with Gasteiger partial charge in [0.25, 0.3) is 5.91 Å². The van der Waals surface area contributed by atoms with E-state index in [1.165, 1.54) is 22.5 Å². The summed E-state index contributed by atoms with van der Waals surface area (Å²) >= 11 is 3.02. The number of likely N-dealkylation sites (tertiary alicyclic amines) is 2. The molecule has 40 heavy (non-hydrogen) atoms. The molecule has 11 heteroatoms. The quantitative estimate of drug-likeness (QED) is 0.378. The van der Waals surface area contributed by atoms with Crippen LogP contribution in [0, 0.1) is 0 Å². The van der Waals surface area contributed by atoms with Crippen molar-refractivity contribution in [3.05, 3.63) is 57.5 Å². The molecule has 3 N–H and O–H groups in total. The molecule has 2 aromatic heterocycles. The van der Waals surface area contributed by atoms with Crippen LogP contribution >= 0.6 is 22.7 Å². The summed E-state index contributed by atoms with van der Waals surface area (Å²) < 4.78 is 0. The van der Waals surface area contributed by atoms with E-state index >= 15 is 0 Å². The number of rotatable bonds is 8. The Hall–Kier alpha value is -3.12. The van der Waals surface area contributed by atoms with Crippen LogP contribution in [0.25, 0.3) is 10.4 Å². The lowest BCUT2D eigenvalue weighted by Crippen LogP contribution is -2.48. The minimum Gasteiger partial charge on any atom is -0.352 e. The van der Waals surface area contributed by atoms with Crippen LogP contribution in [0.5, 0.6) is 0 Å². The average Bonchev–Trinajstić information content (AvgIpc) is 3.67. The van der Waals surface area contributed by atoms with Crippen molar-refractivity contribution in [1.82, 2.24) is 25.4 Å². The summed E-state index contributed by atoms with van der Waals surface area (Å²) in [5.74, 6) is 0.648. The molecule has 3 aliphatic heterocycles. The Morgan fingerprint density at radius 3 is 2.62 bits per heavy atom.